The lowest BCUT2D eigenvalue weighted by Gasteiger charge is -2.18. The Morgan fingerprint density at radius 3 is 2.46 bits per heavy atom. The van der Waals surface area contributed by atoms with Gasteiger partial charge in [0.1, 0.15) is 5.82 Å². The van der Waals surface area contributed by atoms with Gasteiger partial charge in [-0.1, -0.05) is 30.3 Å². The number of carbonyl (C=O) groups excluding carboxylic acids is 1. The van der Waals surface area contributed by atoms with Crippen LogP contribution in [-0.2, 0) is 11.2 Å². The molecule has 0 radical (unpaired) electrons. The number of imidazole rings is 1. The molecule has 0 spiro atoms. The van der Waals surface area contributed by atoms with Gasteiger partial charge >= 0.3 is 0 Å². The Hall–Kier alpha value is -2.37. The first-order valence-corrected chi connectivity index (χ1v) is 8.51. The van der Waals surface area contributed by atoms with E-state index < -0.39 is 5.54 Å². The maximum absolute atomic E-state index is 12.1. The van der Waals surface area contributed by atoms with E-state index in [4.69, 9.17) is 10.7 Å². The Bertz CT molecular complexity index is 868. The lowest BCUT2D eigenvalue weighted by molar-refractivity contribution is -0.121. The van der Waals surface area contributed by atoms with Gasteiger partial charge in [0.15, 0.2) is 0 Å². The molecule has 26 heavy (non-hydrogen) atoms. The summed E-state index contributed by atoms with van der Waals surface area (Å²) in [5.41, 5.74) is 8.54. The van der Waals surface area contributed by atoms with Gasteiger partial charge in [0.2, 0.25) is 5.91 Å². The van der Waals surface area contributed by atoms with Gasteiger partial charge in [-0.25, -0.2) is 4.98 Å². The van der Waals surface area contributed by atoms with Crippen LogP contribution in [-0.4, -0.2) is 27.5 Å². The van der Waals surface area contributed by atoms with E-state index in [0.717, 1.165) is 22.5 Å². The lowest BCUT2D eigenvalue weighted by atomic mass is 10.1. The molecule has 138 valence electrons. The third-order valence-electron chi connectivity index (χ3n) is 3.96. The minimum Gasteiger partial charge on any atom is -0.354 e. The Balaban J connectivity index is 0.00000243. The number of nitrogens with zero attached hydrogens (tertiary/aromatic N) is 2. The van der Waals surface area contributed by atoms with E-state index in [2.05, 4.69) is 28.1 Å². The highest BCUT2D eigenvalue weighted by Crippen LogP contribution is 2.22. The van der Waals surface area contributed by atoms with E-state index >= 15 is 0 Å². The zero-order chi connectivity index (χ0) is 17.9. The van der Waals surface area contributed by atoms with Crippen molar-refractivity contribution in [3.8, 4) is 5.69 Å². The van der Waals surface area contributed by atoms with Gasteiger partial charge in [0.25, 0.3) is 0 Å². The Kier molecular flexibility index (Phi) is 6.40. The van der Waals surface area contributed by atoms with E-state index in [1.165, 1.54) is 0 Å². The van der Waals surface area contributed by atoms with Crippen LogP contribution in [0.2, 0.25) is 0 Å². The number of nitrogens with one attached hydrogen (secondary N) is 1. The highest BCUT2D eigenvalue weighted by Gasteiger charge is 2.15. The van der Waals surface area contributed by atoms with Crippen LogP contribution in [0.3, 0.4) is 0 Å². The number of nitrogens with two attached hydrogens (primary N) is 1. The number of carbonyl (C=O) groups is 1. The summed E-state index contributed by atoms with van der Waals surface area (Å²) in [6.07, 6.45) is 0.951. The Labute approximate surface area is 160 Å². The maximum Gasteiger partial charge on any atom is 0.220 e. The minimum absolute atomic E-state index is 0. The monoisotopic (exact) mass is 372 g/mol. The van der Waals surface area contributed by atoms with Crippen LogP contribution >= 0.6 is 12.4 Å². The third kappa shape index (κ3) is 4.84. The third-order valence-corrected chi connectivity index (χ3v) is 3.96. The second-order valence-corrected chi connectivity index (χ2v) is 6.95. The van der Waals surface area contributed by atoms with Gasteiger partial charge in [0, 0.05) is 30.6 Å². The van der Waals surface area contributed by atoms with Gasteiger partial charge in [-0.15, -0.1) is 12.4 Å². The number of para-hydroxylation sites is 3. The molecule has 5 nitrogen and oxygen atoms in total. The summed E-state index contributed by atoms with van der Waals surface area (Å²) >= 11 is 0. The minimum atomic E-state index is -0.410. The fourth-order valence-electron chi connectivity index (χ4n) is 2.75. The van der Waals surface area contributed by atoms with Crippen molar-refractivity contribution >= 4 is 29.3 Å². The highest BCUT2D eigenvalue weighted by atomic mass is 35.5. The normalized spacial score (nSPS) is 11.2. The zero-order valence-corrected chi connectivity index (χ0v) is 15.9. The van der Waals surface area contributed by atoms with Crippen molar-refractivity contribution in [1.82, 2.24) is 14.9 Å². The van der Waals surface area contributed by atoms with Crippen molar-refractivity contribution in [2.24, 2.45) is 5.73 Å². The average Bonchev–Trinajstić information content (AvgIpc) is 2.96. The fourth-order valence-corrected chi connectivity index (χ4v) is 2.75. The van der Waals surface area contributed by atoms with Gasteiger partial charge < -0.3 is 11.1 Å². The van der Waals surface area contributed by atoms with Crippen LogP contribution in [0.25, 0.3) is 16.7 Å². The standard InChI is InChI=1S/C20H24N4O.ClH/c1-20(2,21)14-22-19(25)13-12-18-23-16-10-6-7-11-17(16)24(18)15-8-4-3-5-9-15;/h3-11H,12-14,21H2,1-2H3,(H,22,25);1H. The van der Waals surface area contributed by atoms with Crippen LogP contribution in [0.4, 0.5) is 0 Å². The van der Waals surface area contributed by atoms with Crippen molar-refractivity contribution in [2.75, 3.05) is 6.54 Å². The largest absolute Gasteiger partial charge is 0.354 e. The molecule has 6 heteroatoms. The molecule has 0 bridgehead atoms. The second kappa shape index (κ2) is 8.34. The van der Waals surface area contributed by atoms with Crippen molar-refractivity contribution in [3.63, 3.8) is 0 Å². The predicted octanol–water partition coefficient (Wildman–Crippen LogP) is 3.23. The number of fused-ring (bicyclic) bond motifs is 1. The van der Waals surface area contributed by atoms with Gasteiger partial charge in [-0.2, -0.15) is 0 Å². The molecule has 0 fully saturated rings. The molecule has 0 aliphatic carbocycles. The van der Waals surface area contributed by atoms with Crippen LogP contribution in [0.5, 0.6) is 0 Å². The molecule has 0 saturated heterocycles. The molecule has 3 N–H and O–H groups in total. The van der Waals surface area contributed by atoms with Gasteiger partial charge in [-0.05, 0) is 38.1 Å². The maximum atomic E-state index is 12.1. The summed E-state index contributed by atoms with van der Waals surface area (Å²) in [4.78, 5) is 16.9. The van der Waals surface area contributed by atoms with Crippen LogP contribution in [0.1, 0.15) is 26.1 Å². The quantitative estimate of drug-likeness (QED) is 0.697. The molecular weight excluding hydrogens is 348 g/mol. The van der Waals surface area contributed by atoms with Crippen molar-refractivity contribution in [1.29, 1.82) is 0 Å². The number of rotatable bonds is 6. The van der Waals surface area contributed by atoms with Crippen LogP contribution in [0, 0.1) is 0 Å². The number of benzene rings is 2. The summed E-state index contributed by atoms with van der Waals surface area (Å²) < 4.78 is 2.12. The van der Waals surface area contributed by atoms with E-state index in [1.54, 1.807) is 0 Å². The predicted molar refractivity (Wildman–Crippen MR) is 108 cm³/mol. The van der Waals surface area contributed by atoms with E-state index in [0.29, 0.717) is 19.4 Å². The van der Waals surface area contributed by atoms with E-state index in [-0.39, 0.29) is 18.3 Å². The number of aromatic nitrogens is 2. The van der Waals surface area contributed by atoms with E-state index in [1.807, 2.05) is 50.2 Å². The first-order chi connectivity index (χ1) is 11.9. The molecule has 0 aliphatic rings. The van der Waals surface area contributed by atoms with Gasteiger partial charge in [-0.3, -0.25) is 9.36 Å². The molecule has 1 amide bonds. The number of hydrogen-bond acceptors (Lipinski definition) is 3. The van der Waals surface area contributed by atoms with E-state index in [9.17, 15) is 4.79 Å². The molecule has 3 rings (SSSR count). The number of halogens is 1. The Morgan fingerprint density at radius 2 is 1.77 bits per heavy atom. The first kappa shape index (κ1) is 19.9. The second-order valence-electron chi connectivity index (χ2n) is 6.95. The summed E-state index contributed by atoms with van der Waals surface area (Å²) in [6, 6.07) is 18.1. The van der Waals surface area contributed by atoms with Crippen molar-refractivity contribution < 1.29 is 4.79 Å². The van der Waals surface area contributed by atoms with Gasteiger partial charge in [0.05, 0.1) is 11.0 Å². The summed E-state index contributed by atoms with van der Waals surface area (Å²) in [6.45, 7) is 4.24. The fraction of sp³-hybridized carbons (Fsp3) is 0.300. The van der Waals surface area contributed by atoms with Crippen LogP contribution in [0.15, 0.2) is 54.6 Å². The first-order valence-electron chi connectivity index (χ1n) is 8.51. The van der Waals surface area contributed by atoms with Crippen LogP contribution < -0.4 is 11.1 Å². The summed E-state index contributed by atoms with van der Waals surface area (Å²) in [7, 11) is 0. The average molecular weight is 373 g/mol. The summed E-state index contributed by atoms with van der Waals surface area (Å²) in [5, 5.41) is 2.88. The molecule has 3 aromatic rings. The van der Waals surface area contributed by atoms with Crippen molar-refractivity contribution in [3.05, 3.63) is 60.4 Å². The van der Waals surface area contributed by atoms with Crippen molar-refractivity contribution in [2.45, 2.75) is 32.2 Å². The molecule has 2 aromatic carbocycles. The Morgan fingerprint density at radius 1 is 1.12 bits per heavy atom. The molecule has 1 heterocycles. The molecule has 0 atom stereocenters. The topological polar surface area (TPSA) is 72.9 Å². The number of hydrogen-bond donors (Lipinski definition) is 2. The lowest BCUT2D eigenvalue weighted by Crippen LogP contribution is -2.45. The summed E-state index contributed by atoms with van der Waals surface area (Å²) in [5.74, 6) is 0.875. The molecular formula is C20H25ClN4O. The SMILES string of the molecule is CC(C)(N)CNC(=O)CCc1nc2ccccc2n1-c1ccccc1.Cl. The smallest absolute Gasteiger partial charge is 0.220 e. The molecule has 0 unspecified atom stereocenters. The number of aryl methyl sites for hydroxylation is 1. The number of amides is 1. The highest BCUT2D eigenvalue weighted by molar-refractivity contribution is 5.85. The molecule has 1 aromatic heterocycles. The molecule has 0 saturated carbocycles. The molecule has 0 aliphatic heterocycles. The zero-order valence-electron chi connectivity index (χ0n) is 15.1.